The molecule has 1 saturated heterocycles. The Morgan fingerprint density at radius 1 is 1.41 bits per heavy atom. The maximum atomic E-state index is 11.9. The van der Waals surface area contributed by atoms with Crippen LogP contribution in [0.15, 0.2) is 0 Å². The highest BCUT2D eigenvalue weighted by Gasteiger charge is 2.42. The molecule has 6 heteroatoms. The van der Waals surface area contributed by atoms with Crippen LogP contribution in [0.2, 0.25) is 0 Å². The van der Waals surface area contributed by atoms with E-state index < -0.39 is 6.04 Å². The molecule has 0 aromatic rings. The number of nitrogens with zero attached hydrogens (tertiary/aromatic N) is 2. The SMILES string of the molecule is CCNC(=O)N(CC)C1CC(=O)N(CC)C1=O. The lowest BCUT2D eigenvalue weighted by atomic mass is 10.2. The maximum Gasteiger partial charge on any atom is 0.318 e. The third-order valence-electron chi connectivity index (χ3n) is 2.84. The van der Waals surface area contributed by atoms with E-state index in [1.807, 2.05) is 6.92 Å². The molecule has 1 atom stereocenters. The lowest BCUT2D eigenvalue weighted by Crippen LogP contribution is -2.49. The van der Waals surface area contributed by atoms with E-state index in [0.717, 1.165) is 0 Å². The number of urea groups is 1. The molecule has 0 aromatic carbocycles. The number of hydrogen-bond acceptors (Lipinski definition) is 3. The van der Waals surface area contributed by atoms with Crippen molar-refractivity contribution in [2.75, 3.05) is 19.6 Å². The first-order chi connectivity index (χ1) is 8.06. The van der Waals surface area contributed by atoms with Gasteiger partial charge in [-0.1, -0.05) is 0 Å². The van der Waals surface area contributed by atoms with Crippen LogP contribution in [0.3, 0.4) is 0 Å². The summed E-state index contributed by atoms with van der Waals surface area (Å²) in [6, 6.07) is -0.932. The second kappa shape index (κ2) is 5.65. The number of carbonyl (C=O) groups excluding carboxylic acids is 3. The number of amides is 4. The molecule has 0 aliphatic carbocycles. The lowest BCUT2D eigenvalue weighted by molar-refractivity contribution is -0.139. The number of likely N-dealkylation sites (N-methyl/N-ethyl adjacent to an activating group) is 2. The van der Waals surface area contributed by atoms with E-state index in [2.05, 4.69) is 5.32 Å². The van der Waals surface area contributed by atoms with Gasteiger partial charge in [0, 0.05) is 19.6 Å². The molecule has 1 unspecified atom stereocenters. The van der Waals surface area contributed by atoms with Crippen LogP contribution in [0.25, 0.3) is 0 Å². The summed E-state index contributed by atoms with van der Waals surface area (Å²) in [7, 11) is 0. The standard InChI is InChI=1S/C11H19N3O3/c1-4-12-11(17)13(5-2)8-7-9(15)14(6-3)10(8)16/h8H,4-7H2,1-3H3,(H,12,17). The molecule has 1 fully saturated rings. The predicted octanol–water partition coefficient (Wildman–Crippen LogP) is 0.185. The highest BCUT2D eigenvalue weighted by atomic mass is 16.2. The van der Waals surface area contributed by atoms with Crippen molar-refractivity contribution in [2.24, 2.45) is 0 Å². The molecule has 0 aromatic heterocycles. The molecule has 96 valence electrons. The Hall–Kier alpha value is -1.59. The molecule has 0 spiro atoms. The first-order valence-electron chi connectivity index (χ1n) is 5.95. The van der Waals surface area contributed by atoms with Gasteiger partial charge in [-0.15, -0.1) is 0 Å². The number of likely N-dealkylation sites (tertiary alicyclic amines) is 1. The second-order valence-corrected chi connectivity index (χ2v) is 3.82. The zero-order chi connectivity index (χ0) is 13.0. The summed E-state index contributed by atoms with van der Waals surface area (Å²) in [4.78, 5) is 37.9. The van der Waals surface area contributed by atoms with Crippen LogP contribution >= 0.6 is 0 Å². The third kappa shape index (κ3) is 2.57. The molecule has 1 heterocycles. The molecule has 0 radical (unpaired) electrons. The first-order valence-corrected chi connectivity index (χ1v) is 5.95. The summed E-state index contributed by atoms with van der Waals surface area (Å²) >= 11 is 0. The van der Waals surface area contributed by atoms with Gasteiger partial charge in [0.2, 0.25) is 5.91 Å². The van der Waals surface area contributed by atoms with Crippen molar-refractivity contribution < 1.29 is 14.4 Å². The van der Waals surface area contributed by atoms with E-state index in [1.54, 1.807) is 13.8 Å². The Bertz CT molecular complexity index is 330. The largest absolute Gasteiger partial charge is 0.338 e. The summed E-state index contributed by atoms with van der Waals surface area (Å²) in [5, 5.41) is 2.65. The van der Waals surface area contributed by atoms with Gasteiger partial charge < -0.3 is 10.2 Å². The van der Waals surface area contributed by atoms with Gasteiger partial charge in [0.05, 0.1) is 6.42 Å². The maximum absolute atomic E-state index is 11.9. The highest BCUT2D eigenvalue weighted by molar-refractivity contribution is 6.06. The summed E-state index contributed by atoms with van der Waals surface area (Å²) < 4.78 is 0. The van der Waals surface area contributed by atoms with Gasteiger partial charge in [0.15, 0.2) is 0 Å². The van der Waals surface area contributed by atoms with Crippen LogP contribution in [0.4, 0.5) is 4.79 Å². The van der Waals surface area contributed by atoms with Gasteiger partial charge >= 0.3 is 6.03 Å². The average molecular weight is 241 g/mol. The molecule has 17 heavy (non-hydrogen) atoms. The smallest absolute Gasteiger partial charge is 0.318 e. The molecular weight excluding hydrogens is 222 g/mol. The monoisotopic (exact) mass is 241 g/mol. The molecule has 1 aliphatic rings. The van der Waals surface area contributed by atoms with Gasteiger partial charge in [-0.25, -0.2) is 4.79 Å². The number of hydrogen-bond donors (Lipinski definition) is 1. The fraction of sp³-hybridized carbons (Fsp3) is 0.727. The zero-order valence-corrected chi connectivity index (χ0v) is 10.5. The molecule has 0 bridgehead atoms. The molecule has 1 rings (SSSR count). The number of nitrogens with one attached hydrogen (secondary N) is 1. The van der Waals surface area contributed by atoms with E-state index >= 15 is 0 Å². The third-order valence-corrected chi connectivity index (χ3v) is 2.84. The number of carbonyl (C=O) groups is 3. The van der Waals surface area contributed by atoms with Crippen molar-refractivity contribution in [1.82, 2.24) is 15.1 Å². The Balaban J connectivity index is 2.81. The first kappa shape index (κ1) is 13.5. The van der Waals surface area contributed by atoms with E-state index in [4.69, 9.17) is 0 Å². The van der Waals surface area contributed by atoms with Gasteiger partial charge in [0.25, 0.3) is 5.91 Å². The van der Waals surface area contributed by atoms with Crippen LogP contribution in [0, 0.1) is 0 Å². The zero-order valence-electron chi connectivity index (χ0n) is 10.5. The summed E-state index contributed by atoms with van der Waals surface area (Å²) in [6.07, 6.45) is 0.0949. The Morgan fingerprint density at radius 3 is 2.47 bits per heavy atom. The molecule has 6 nitrogen and oxygen atoms in total. The fourth-order valence-electron chi connectivity index (χ4n) is 2.00. The highest BCUT2D eigenvalue weighted by Crippen LogP contribution is 2.18. The topological polar surface area (TPSA) is 69.7 Å². The van der Waals surface area contributed by atoms with Crippen LogP contribution in [0.5, 0.6) is 0 Å². The number of rotatable bonds is 4. The summed E-state index contributed by atoms with van der Waals surface area (Å²) in [5.41, 5.74) is 0. The van der Waals surface area contributed by atoms with Crippen LogP contribution in [-0.2, 0) is 9.59 Å². The second-order valence-electron chi connectivity index (χ2n) is 3.82. The minimum absolute atomic E-state index is 0.0949. The van der Waals surface area contributed by atoms with Gasteiger partial charge in [-0.2, -0.15) is 0 Å². The van der Waals surface area contributed by atoms with E-state index in [1.165, 1.54) is 9.80 Å². The van der Waals surface area contributed by atoms with Gasteiger partial charge in [-0.3, -0.25) is 14.5 Å². The predicted molar refractivity (Wildman–Crippen MR) is 62.3 cm³/mol. The Morgan fingerprint density at radius 2 is 2.06 bits per heavy atom. The summed E-state index contributed by atoms with van der Waals surface area (Å²) in [5.74, 6) is -0.476. The van der Waals surface area contributed by atoms with E-state index in [-0.39, 0.29) is 24.3 Å². The summed E-state index contributed by atoms with van der Waals surface area (Å²) in [6.45, 7) is 6.63. The van der Waals surface area contributed by atoms with Crippen LogP contribution < -0.4 is 5.32 Å². The fourth-order valence-corrected chi connectivity index (χ4v) is 2.00. The lowest BCUT2D eigenvalue weighted by Gasteiger charge is -2.25. The Kier molecular flexibility index (Phi) is 4.48. The quantitative estimate of drug-likeness (QED) is 0.714. The average Bonchev–Trinajstić information content (AvgIpc) is 2.56. The molecule has 1 N–H and O–H groups in total. The minimum atomic E-state index is -0.640. The van der Waals surface area contributed by atoms with Crippen molar-refractivity contribution in [2.45, 2.75) is 33.2 Å². The van der Waals surface area contributed by atoms with Crippen molar-refractivity contribution in [3.8, 4) is 0 Å². The number of imide groups is 1. The van der Waals surface area contributed by atoms with Gasteiger partial charge in [0.1, 0.15) is 6.04 Å². The van der Waals surface area contributed by atoms with Crippen molar-refractivity contribution >= 4 is 17.8 Å². The van der Waals surface area contributed by atoms with E-state index in [9.17, 15) is 14.4 Å². The molecular formula is C11H19N3O3. The normalized spacial score (nSPS) is 19.7. The molecule has 1 aliphatic heterocycles. The molecule has 4 amide bonds. The van der Waals surface area contributed by atoms with Crippen LogP contribution in [-0.4, -0.2) is 53.3 Å². The van der Waals surface area contributed by atoms with Crippen LogP contribution in [0.1, 0.15) is 27.2 Å². The van der Waals surface area contributed by atoms with Crippen molar-refractivity contribution in [3.63, 3.8) is 0 Å². The van der Waals surface area contributed by atoms with Gasteiger partial charge in [-0.05, 0) is 20.8 Å². The van der Waals surface area contributed by atoms with E-state index in [0.29, 0.717) is 19.6 Å². The van der Waals surface area contributed by atoms with Crippen molar-refractivity contribution in [3.05, 3.63) is 0 Å². The van der Waals surface area contributed by atoms with Crippen molar-refractivity contribution in [1.29, 1.82) is 0 Å². The minimum Gasteiger partial charge on any atom is -0.338 e. The molecule has 0 saturated carbocycles. The Labute approximate surface area is 101 Å².